The van der Waals surface area contributed by atoms with E-state index in [0.717, 1.165) is 36.5 Å². The third-order valence-corrected chi connectivity index (χ3v) is 5.18. The molecule has 1 aliphatic rings. The molecule has 3 N–H and O–H groups in total. The fourth-order valence-electron chi connectivity index (χ4n) is 3.48. The van der Waals surface area contributed by atoms with Crippen molar-refractivity contribution in [3.05, 3.63) is 47.7 Å². The van der Waals surface area contributed by atoms with Crippen LogP contribution in [-0.4, -0.2) is 43.7 Å². The second kappa shape index (κ2) is 11.2. The zero-order chi connectivity index (χ0) is 22.1. The Labute approximate surface area is 178 Å². The summed E-state index contributed by atoms with van der Waals surface area (Å²) in [5, 5.41) is 8.97. The number of rotatable bonds is 10. The van der Waals surface area contributed by atoms with Gasteiger partial charge in [0, 0.05) is 49.5 Å². The van der Waals surface area contributed by atoms with Crippen LogP contribution in [0.5, 0.6) is 0 Å². The van der Waals surface area contributed by atoms with Gasteiger partial charge in [0.15, 0.2) is 11.5 Å². The van der Waals surface area contributed by atoms with Gasteiger partial charge in [-0.15, -0.1) is 0 Å². The van der Waals surface area contributed by atoms with Gasteiger partial charge in [0.05, 0.1) is 13.7 Å². The Morgan fingerprint density at radius 1 is 1.33 bits per heavy atom. The smallest absolute Gasteiger partial charge is 0.229 e. The van der Waals surface area contributed by atoms with Crippen molar-refractivity contribution in [2.75, 3.05) is 38.4 Å². The fourth-order valence-corrected chi connectivity index (χ4v) is 3.48. The molecule has 0 aromatic carbocycles. The number of ether oxygens (including phenoxy) is 2. The average molecular weight is 416 g/mol. The van der Waals surface area contributed by atoms with Gasteiger partial charge in [0.2, 0.25) is 11.9 Å². The molecular formula is C22H33N5O3. The summed E-state index contributed by atoms with van der Waals surface area (Å²) >= 11 is 0. The second-order valence-electron chi connectivity index (χ2n) is 7.20. The lowest BCUT2D eigenvalue weighted by atomic mass is 9.96. The normalized spacial score (nSPS) is 19.2. The SMILES string of the molecule is C=C(OC)/C(=C\C(=C/C)Nc1nc(C)cc(NC)n1)OC[C@H]1CCC[C@H]1C(=O)NC. The van der Waals surface area contributed by atoms with E-state index in [4.69, 9.17) is 9.47 Å². The fraction of sp³-hybridized carbons (Fsp3) is 0.500. The quantitative estimate of drug-likeness (QED) is 0.398. The van der Waals surface area contributed by atoms with Crippen molar-refractivity contribution in [3.8, 4) is 0 Å². The number of hydrogen-bond donors (Lipinski definition) is 3. The lowest BCUT2D eigenvalue weighted by Gasteiger charge is -2.20. The number of anilines is 2. The Morgan fingerprint density at radius 2 is 2.10 bits per heavy atom. The van der Waals surface area contributed by atoms with Gasteiger partial charge in [-0.1, -0.05) is 19.1 Å². The number of nitrogens with one attached hydrogen (secondary N) is 3. The lowest BCUT2D eigenvalue weighted by molar-refractivity contribution is -0.126. The summed E-state index contributed by atoms with van der Waals surface area (Å²) in [6.07, 6.45) is 6.57. The Balaban J connectivity index is 2.15. The average Bonchev–Trinajstić information content (AvgIpc) is 3.22. The highest BCUT2D eigenvalue weighted by Gasteiger charge is 2.33. The molecule has 0 saturated heterocycles. The molecule has 8 nitrogen and oxygen atoms in total. The standard InChI is InChI=1S/C22H33N5O3/c1-7-17(26-22-25-14(2)11-20(23-4)27-22)12-19(15(3)29-6)30-13-16-9-8-10-18(16)21(28)24-5/h7,11-12,16,18H,3,8-10,13H2,1-2,4-6H3,(H,24,28)(H2,23,25,26,27)/b17-7+,19-12+/t16-,18-/m1/s1. The number of methoxy groups -OCH3 is 1. The highest BCUT2D eigenvalue weighted by atomic mass is 16.5. The van der Waals surface area contributed by atoms with Crippen LogP contribution in [0.4, 0.5) is 11.8 Å². The van der Waals surface area contributed by atoms with Crippen molar-refractivity contribution in [1.82, 2.24) is 15.3 Å². The van der Waals surface area contributed by atoms with Gasteiger partial charge in [-0.05, 0) is 26.7 Å². The van der Waals surface area contributed by atoms with Gasteiger partial charge in [0.1, 0.15) is 5.82 Å². The topological polar surface area (TPSA) is 97.4 Å². The monoisotopic (exact) mass is 415 g/mol. The second-order valence-corrected chi connectivity index (χ2v) is 7.20. The van der Waals surface area contributed by atoms with E-state index in [2.05, 4.69) is 32.5 Å². The zero-order valence-electron chi connectivity index (χ0n) is 18.5. The van der Waals surface area contributed by atoms with Crippen molar-refractivity contribution < 1.29 is 14.3 Å². The number of aromatic nitrogens is 2. The maximum absolute atomic E-state index is 12.1. The number of carbonyl (C=O) groups is 1. The van der Waals surface area contributed by atoms with Gasteiger partial charge in [0.25, 0.3) is 0 Å². The lowest BCUT2D eigenvalue weighted by Crippen LogP contribution is -2.31. The number of hydrogen-bond acceptors (Lipinski definition) is 7. The number of carbonyl (C=O) groups excluding carboxylic acids is 1. The summed E-state index contributed by atoms with van der Waals surface area (Å²) in [5.41, 5.74) is 1.58. The number of aryl methyl sites for hydroxylation is 1. The van der Waals surface area contributed by atoms with Crippen LogP contribution in [0.15, 0.2) is 42.0 Å². The molecule has 30 heavy (non-hydrogen) atoms. The van der Waals surface area contributed by atoms with E-state index < -0.39 is 0 Å². The van der Waals surface area contributed by atoms with Gasteiger partial charge in [-0.3, -0.25) is 4.79 Å². The number of nitrogens with zero attached hydrogens (tertiary/aromatic N) is 2. The van der Waals surface area contributed by atoms with E-state index >= 15 is 0 Å². The minimum atomic E-state index is -0.0213. The summed E-state index contributed by atoms with van der Waals surface area (Å²) in [7, 11) is 5.03. The van der Waals surface area contributed by atoms with E-state index in [-0.39, 0.29) is 17.7 Å². The van der Waals surface area contributed by atoms with Crippen LogP contribution in [-0.2, 0) is 14.3 Å². The van der Waals surface area contributed by atoms with Gasteiger partial charge in [-0.2, -0.15) is 4.98 Å². The van der Waals surface area contributed by atoms with Crippen LogP contribution in [0.3, 0.4) is 0 Å². The molecule has 1 heterocycles. The first-order valence-electron chi connectivity index (χ1n) is 10.2. The molecule has 0 aliphatic heterocycles. The first kappa shape index (κ1) is 23.3. The predicted octanol–water partition coefficient (Wildman–Crippen LogP) is 3.37. The molecule has 1 fully saturated rings. The first-order valence-corrected chi connectivity index (χ1v) is 10.2. The van der Waals surface area contributed by atoms with Crippen LogP contribution in [0.2, 0.25) is 0 Å². The molecule has 1 aromatic heterocycles. The molecule has 0 unspecified atom stereocenters. The number of amides is 1. The van der Waals surface area contributed by atoms with E-state index in [0.29, 0.717) is 24.1 Å². The van der Waals surface area contributed by atoms with E-state index in [9.17, 15) is 4.79 Å². The molecule has 0 spiro atoms. The van der Waals surface area contributed by atoms with Crippen molar-refractivity contribution in [1.29, 1.82) is 0 Å². The molecule has 1 amide bonds. The molecule has 2 rings (SSSR count). The third kappa shape index (κ3) is 6.23. The predicted molar refractivity (Wildman–Crippen MR) is 119 cm³/mol. The highest BCUT2D eigenvalue weighted by Crippen LogP contribution is 2.33. The maximum Gasteiger partial charge on any atom is 0.229 e. The van der Waals surface area contributed by atoms with E-state index in [1.54, 1.807) is 20.2 Å². The Kier molecular flexibility index (Phi) is 8.70. The summed E-state index contributed by atoms with van der Waals surface area (Å²) in [6, 6.07) is 1.86. The molecule has 1 aliphatic carbocycles. The van der Waals surface area contributed by atoms with Crippen LogP contribution < -0.4 is 16.0 Å². The summed E-state index contributed by atoms with van der Waals surface area (Å²) in [4.78, 5) is 20.9. The van der Waals surface area contributed by atoms with Crippen molar-refractivity contribution >= 4 is 17.7 Å². The van der Waals surface area contributed by atoms with Gasteiger partial charge >= 0.3 is 0 Å². The number of allylic oxidation sites excluding steroid dienone is 2. The maximum atomic E-state index is 12.1. The molecule has 1 saturated carbocycles. The van der Waals surface area contributed by atoms with Crippen molar-refractivity contribution in [3.63, 3.8) is 0 Å². The molecule has 164 valence electrons. The Bertz CT molecular complexity index is 819. The van der Waals surface area contributed by atoms with Crippen LogP contribution in [0, 0.1) is 18.8 Å². The van der Waals surface area contributed by atoms with E-state index in [1.165, 1.54) is 0 Å². The van der Waals surface area contributed by atoms with Crippen molar-refractivity contribution in [2.45, 2.75) is 33.1 Å². The Hall–Kier alpha value is -3.03. The summed E-state index contributed by atoms with van der Waals surface area (Å²) in [5.74, 6) is 2.33. The first-order chi connectivity index (χ1) is 14.4. The molecule has 2 atom stereocenters. The molecule has 8 heteroatoms. The minimum absolute atomic E-state index is 0.0213. The third-order valence-electron chi connectivity index (χ3n) is 5.18. The zero-order valence-corrected chi connectivity index (χ0v) is 18.5. The Morgan fingerprint density at radius 3 is 2.73 bits per heavy atom. The highest BCUT2D eigenvalue weighted by molar-refractivity contribution is 5.78. The van der Waals surface area contributed by atoms with Crippen molar-refractivity contribution in [2.24, 2.45) is 11.8 Å². The van der Waals surface area contributed by atoms with Gasteiger partial charge < -0.3 is 25.4 Å². The molecule has 0 bridgehead atoms. The van der Waals surface area contributed by atoms with E-state index in [1.807, 2.05) is 33.0 Å². The summed E-state index contributed by atoms with van der Waals surface area (Å²) < 4.78 is 11.4. The summed E-state index contributed by atoms with van der Waals surface area (Å²) in [6.45, 7) is 8.17. The molecular weight excluding hydrogens is 382 g/mol. The molecule has 0 radical (unpaired) electrons. The van der Waals surface area contributed by atoms with Crippen LogP contribution in [0.25, 0.3) is 0 Å². The minimum Gasteiger partial charge on any atom is -0.493 e. The van der Waals surface area contributed by atoms with Crippen LogP contribution in [0.1, 0.15) is 31.9 Å². The molecule has 1 aromatic rings. The van der Waals surface area contributed by atoms with Gasteiger partial charge in [-0.25, -0.2) is 4.98 Å². The van der Waals surface area contributed by atoms with Crippen LogP contribution >= 0.6 is 0 Å². The largest absolute Gasteiger partial charge is 0.493 e.